The number of nitrogens with two attached hydrogens (primary N) is 1. The average molecular weight is 265 g/mol. The molecule has 0 saturated carbocycles. The maximum atomic E-state index is 11.7. The van der Waals surface area contributed by atoms with Gasteiger partial charge >= 0.3 is 16.4 Å². The van der Waals surface area contributed by atoms with Crippen LogP contribution in [-0.2, 0) is 19.5 Å². The second-order valence-electron chi connectivity index (χ2n) is 3.91. The fourth-order valence-electron chi connectivity index (χ4n) is 2.13. The van der Waals surface area contributed by atoms with Crippen molar-refractivity contribution in [3.8, 4) is 0 Å². The molecule has 0 radical (unpaired) electrons. The lowest BCUT2D eigenvalue weighted by atomic mass is 10.0. The van der Waals surface area contributed by atoms with Gasteiger partial charge in [0.2, 0.25) is 5.91 Å². The van der Waals surface area contributed by atoms with Crippen LogP contribution in [0.4, 0.5) is 4.79 Å². The Balaban J connectivity index is 2.20. The molecule has 0 aliphatic carbocycles. The Kier molecular flexibility index (Phi) is 2.72. The predicted molar refractivity (Wildman–Crippen MR) is 52.6 cm³/mol. The van der Waals surface area contributed by atoms with Crippen molar-refractivity contribution in [1.82, 2.24) is 9.96 Å². The van der Waals surface area contributed by atoms with E-state index in [1.54, 1.807) is 0 Å². The van der Waals surface area contributed by atoms with Gasteiger partial charge in [-0.1, -0.05) is 0 Å². The average Bonchev–Trinajstić information content (AvgIpc) is 2.42. The van der Waals surface area contributed by atoms with E-state index in [1.807, 2.05) is 0 Å². The Morgan fingerprint density at radius 2 is 2.12 bits per heavy atom. The maximum Gasteiger partial charge on any atom is 0.418 e. The number of carbonyl (C=O) groups is 2. The highest BCUT2D eigenvalue weighted by atomic mass is 32.3. The minimum Gasteiger partial charge on any atom is -0.368 e. The van der Waals surface area contributed by atoms with Crippen LogP contribution in [0.15, 0.2) is 0 Å². The molecule has 2 heterocycles. The van der Waals surface area contributed by atoms with E-state index in [1.165, 1.54) is 0 Å². The summed E-state index contributed by atoms with van der Waals surface area (Å²) in [6.45, 7) is 0.155. The molecule has 2 bridgehead atoms. The van der Waals surface area contributed by atoms with Crippen molar-refractivity contribution in [1.29, 1.82) is 0 Å². The van der Waals surface area contributed by atoms with Gasteiger partial charge in [0.15, 0.2) is 0 Å². The summed E-state index contributed by atoms with van der Waals surface area (Å²) in [6.07, 6.45) is 0.725. The van der Waals surface area contributed by atoms with Gasteiger partial charge in [-0.05, 0) is 12.8 Å². The summed E-state index contributed by atoms with van der Waals surface area (Å²) in [5, 5.41) is 0.568. The maximum absolute atomic E-state index is 11.7. The third-order valence-electron chi connectivity index (χ3n) is 2.83. The van der Waals surface area contributed by atoms with Gasteiger partial charge in [0.1, 0.15) is 6.04 Å². The molecule has 2 rings (SSSR count). The lowest BCUT2D eigenvalue weighted by Crippen LogP contribution is -2.47. The first-order chi connectivity index (χ1) is 7.79. The highest BCUT2D eigenvalue weighted by Crippen LogP contribution is 2.30. The zero-order valence-corrected chi connectivity index (χ0v) is 9.46. The molecule has 2 atom stereocenters. The molecule has 96 valence electrons. The highest BCUT2D eigenvalue weighted by molar-refractivity contribution is 7.80. The first-order valence-corrected chi connectivity index (χ1v) is 6.22. The largest absolute Gasteiger partial charge is 0.418 e. The minimum atomic E-state index is -4.75. The van der Waals surface area contributed by atoms with Crippen molar-refractivity contribution in [2.45, 2.75) is 24.9 Å². The van der Waals surface area contributed by atoms with Crippen LogP contribution < -0.4 is 5.73 Å². The molecule has 2 saturated heterocycles. The predicted octanol–water partition coefficient (Wildman–Crippen LogP) is -1.53. The molecule has 2 unspecified atom stereocenters. The van der Waals surface area contributed by atoms with Crippen molar-refractivity contribution < 1.29 is 26.8 Å². The summed E-state index contributed by atoms with van der Waals surface area (Å²) in [5.74, 6) is -0.648. The first-order valence-electron chi connectivity index (χ1n) is 4.86. The summed E-state index contributed by atoms with van der Waals surface area (Å²) in [4.78, 5) is 23.9. The molecule has 10 heteroatoms. The van der Waals surface area contributed by atoms with Gasteiger partial charge in [0.25, 0.3) is 0 Å². The Labute approximate surface area is 97.0 Å². The molecule has 3 amide bonds. The number of nitrogens with zero attached hydrogens (tertiary/aromatic N) is 2. The smallest absolute Gasteiger partial charge is 0.368 e. The molecule has 0 aromatic rings. The molecule has 17 heavy (non-hydrogen) atoms. The van der Waals surface area contributed by atoms with Crippen LogP contribution in [0.3, 0.4) is 0 Å². The van der Waals surface area contributed by atoms with E-state index in [4.69, 9.17) is 10.3 Å². The number of rotatable bonds is 3. The standard InChI is InChI=1S/C7H11N3O6S/c8-6(11)5-2-1-4-3-9(5)7(12)10(4)16-17(13,14)15/h4-5H,1-3H2,(H2,8,11)(H,13,14,15). The quantitative estimate of drug-likeness (QED) is 0.595. The van der Waals surface area contributed by atoms with Gasteiger partial charge in [-0.3, -0.25) is 9.35 Å². The number of carbonyl (C=O) groups excluding carboxylic acids is 2. The van der Waals surface area contributed by atoms with E-state index in [-0.39, 0.29) is 6.54 Å². The van der Waals surface area contributed by atoms with Crippen molar-refractivity contribution in [2.24, 2.45) is 5.73 Å². The van der Waals surface area contributed by atoms with Gasteiger partial charge in [0.05, 0.1) is 6.04 Å². The van der Waals surface area contributed by atoms with Crippen LogP contribution in [0.2, 0.25) is 0 Å². The minimum absolute atomic E-state index is 0.155. The zero-order chi connectivity index (χ0) is 12.8. The van der Waals surface area contributed by atoms with Crippen molar-refractivity contribution in [3.05, 3.63) is 0 Å². The van der Waals surface area contributed by atoms with Crippen molar-refractivity contribution in [3.63, 3.8) is 0 Å². The van der Waals surface area contributed by atoms with E-state index in [0.29, 0.717) is 17.9 Å². The highest BCUT2D eigenvalue weighted by Gasteiger charge is 2.48. The fourth-order valence-corrected chi connectivity index (χ4v) is 2.52. The molecule has 0 spiro atoms. The molecule has 2 aliphatic rings. The van der Waals surface area contributed by atoms with Gasteiger partial charge in [-0.15, -0.1) is 4.28 Å². The lowest BCUT2D eigenvalue weighted by Gasteiger charge is -2.27. The van der Waals surface area contributed by atoms with Gasteiger partial charge in [-0.2, -0.15) is 13.5 Å². The number of primary amides is 1. The summed E-state index contributed by atoms with van der Waals surface area (Å²) in [6, 6.07) is -2.04. The Hall–Kier alpha value is -1.39. The number of hydrogen-bond acceptors (Lipinski definition) is 5. The number of hydroxylamine groups is 2. The monoisotopic (exact) mass is 265 g/mol. The van der Waals surface area contributed by atoms with Crippen LogP contribution in [0.25, 0.3) is 0 Å². The number of hydrogen-bond donors (Lipinski definition) is 2. The van der Waals surface area contributed by atoms with Crippen LogP contribution in [0.5, 0.6) is 0 Å². The number of urea groups is 1. The van der Waals surface area contributed by atoms with E-state index in [9.17, 15) is 18.0 Å². The lowest BCUT2D eigenvalue weighted by molar-refractivity contribution is -0.122. The normalized spacial score (nSPS) is 28.6. The SMILES string of the molecule is NC(=O)C1CCC2CN1C(=O)N2OS(=O)(=O)O. The Morgan fingerprint density at radius 3 is 2.65 bits per heavy atom. The number of fused-ring (bicyclic) bond motifs is 2. The van der Waals surface area contributed by atoms with Crippen LogP contribution >= 0.6 is 0 Å². The molecule has 2 aliphatic heterocycles. The van der Waals surface area contributed by atoms with Gasteiger partial charge in [-0.25, -0.2) is 4.79 Å². The molecule has 9 nitrogen and oxygen atoms in total. The molecular formula is C7H11N3O6S. The molecule has 0 aromatic heterocycles. The van der Waals surface area contributed by atoms with Gasteiger partial charge in [0, 0.05) is 6.54 Å². The molecular weight excluding hydrogens is 254 g/mol. The topological polar surface area (TPSA) is 130 Å². The number of piperidine rings is 1. The van der Waals surface area contributed by atoms with Crippen molar-refractivity contribution in [2.75, 3.05) is 6.54 Å². The first kappa shape index (κ1) is 12.1. The zero-order valence-electron chi connectivity index (χ0n) is 8.64. The summed E-state index contributed by atoms with van der Waals surface area (Å²) >= 11 is 0. The molecule has 0 aromatic carbocycles. The summed E-state index contributed by atoms with van der Waals surface area (Å²) < 4.78 is 33.8. The second-order valence-corrected chi connectivity index (χ2v) is 4.92. The third kappa shape index (κ3) is 2.18. The van der Waals surface area contributed by atoms with E-state index < -0.39 is 34.4 Å². The molecule has 3 N–H and O–H groups in total. The number of amides is 3. The van der Waals surface area contributed by atoms with E-state index >= 15 is 0 Å². The molecule has 2 fully saturated rings. The second kappa shape index (κ2) is 3.82. The Morgan fingerprint density at radius 1 is 1.47 bits per heavy atom. The van der Waals surface area contributed by atoms with Crippen LogP contribution in [-0.4, -0.2) is 53.5 Å². The van der Waals surface area contributed by atoms with Crippen LogP contribution in [0, 0.1) is 0 Å². The Bertz CT molecular complexity index is 462. The van der Waals surface area contributed by atoms with E-state index in [0.717, 1.165) is 4.90 Å². The summed E-state index contributed by atoms with van der Waals surface area (Å²) in [7, 11) is -4.75. The van der Waals surface area contributed by atoms with Crippen molar-refractivity contribution >= 4 is 22.3 Å². The van der Waals surface area contributed by atoms with E-state index in [2.05, 4.69) is 4.28 Å². The summed E-state index contributed by atoms with van der Waals surface area (Å²) in [5.41, 5.74) is 5.13. The van der Waals surface area contributed by atoms with Gasteiger partial charge < -0.3 is 10.6 Å². The third-order valence-corrected chi connectivity index (χ3v) is 3.17. The van der Waals surface area contributed by atoms with Crippen LogP contribution in [0.1, 0.15) is 12.8 Å². The fraction of sp³-hybridized carbons (Fsp3) is 0.714.